The summed E-state index contributed by atoms with van der Waals surface area (Å²) in [5.74, 6) is 1.36. The number of amides is 1. The SMILES string of the molecule is Cc1cc(C)n(CCCNC(=O)CCCc2nc(C(C)(C)C)no2)n1. The predicted octanol–water partition coefficient (Wildman–Crippen LogP) is 2.71. The van der Waals surface area contributed by atoms with Gasteiger partial charge in [-0.05, 0) is 32.8 Å². The molecule has 0 aliphatic heterocycles. The molecule has 2 aromatic rings. The smallest absolute Gasteiger partial charge is 0.226 e. The molecule has 0 radical (unpaired) electrons. The van der Waals surface area contributed by atoms with Crippen molar-refractivity contribution in [2.45, 2.75) is 72.3 Å². The second-order valence-electron chi connectivity index (χ2n) is 7.47. The number of aryl methyl sites for hydroxylation is 4. The summed E-state index contributed by atoms with van der Waals surface area (Å²) in [6.45, 7) is 11.6. The van der Waals surface area contributed by atoms with Crippen LogP contribution in [-0.2, 0) is 23.2 Å². The average Bonchev–Trinajstić information content (AvgIpc) is 3.10. The lowest BCUT2D eigenvalue weighted by atomic mass is 9.96. The van der Waals surface area contributed by atoms with Gasteiger partial charge in [-0.1, -0.05) is 25.9 Å². The molecule has 2 heterocycles. The summed E-state index contributed by atoms with van der Waals surface area (Å²) >= 11 is 0. The fourth-order valence-electron chi connectivity index (χ4n) is 2.51. The molecular weight excluding hydrogens is 318 g/mol. The summed E-state index contributed by atoms with van der Waals surface area (Å²) in [6.07, 6.45) is 2.66. The maximum absolute atomic E-state index is 11.9. The number of carbonyl (C=O) groups excluding carboxylic acids is 1. The number of aromatic nitrogens is 4. The van der Waals surface area contributed by atoms with Crippen LogP contribution in [0.2, 0.25) is 0 Å². The summed E-state index contributed by atoms with van der Waals surface area (Å²) in [4.78, 5) is 16.3. The number of nitrogens with one attached hydrogen (secondary N) is 1. The van der Waals surface area contributed by atoms with E-state index >= 15 is 0 Å². The molecule has 2 aromatic heterocycles. The topological polar surface area (TPSA) is 85.8 Å². The molecular formula is C18H29N5O2. The Balaban J connectivity index is 1.61. The standard InChI is InChI=1S/C18H29N5O2/c1-13-12-14(2)23(21-13)11-7-10-19-15(24)8-6-9-16-20-17(22-25-16)18(3,4)5/h12H,6-11H2,1-5H3,(H,19,24). The summed E-state index contributed by atoms with van der Waals surface area (Å²) in [6, 6.07) is 2.06. The van der Waals surface area contributed by atoms with Crippen molar-refractivity contribution >= 4 is 5.91 Å². The van der Waals surface area contributed by atoms with E-state index < -0.39 is 0 Å². The highest BCUT2D eigenvalue weighted by atomic mass is 16.5. The monoisotopic (exact) mass is 347 g/mol. The largest absolute Gasteiger partial charge is 0.356 e. The molecule has 0 bridgehead atoms. The van der Waals surface area contributed by atoms with Crippen LogP contribution in [0.15, 0.2) is 10.6 Å². The Bertz CT molecular complexity index is 697. The molecule has 7 nitrogen and oxygen atoms in total. The minimum Gasteiger partial charge on any atom is -0.356 e. The second kappa shape index (κ2) is 8.27. The van der Waals surface area contributed by atoms with Crippen LogP contribution in [0.1, 0.15) is 63.1 Å². The van der Waals surface area contributed by atoms with E-state index in [1.165, 1.54) is 0 Å². The van der Waals surface area contributed by atoms with Gasteiger partial charge in [0, 0.05) is 37.0 Å². The number of rotatable bonds is 8. The fourth-order valence-corrected chi connectivity index (χ4v) is 2.51. The molecule has 0 aliphatic rings. The van der Waals surface area contributed by atoms with Gasteiger partial charge in [0.25, 0.3) is 0 Å². The molecule has 138 valence electrons. The van der Waals surface area contributed by atoms with Crippen LogP contribution in [-0.4, -0.2) is 32.4 Å². The molecule has 0 saturated heterocycles. The molecule has 0 spiro atoms. The van der Waals surface area contributed by atoms with Crippen LogP contribution in [0.25, 0.3) is 0 Å². The fraction of sp³-hybridized carbons (Fsp3) is 0.667. The highest BCUT2D eigenvalue weighted by molar-refractivity contribution is 5.75. The molecule has 2 rings (SSSR count). The Morgan fingerprint density at radius 1 is 1.28 bits per heavy atom. The lowest BCUT2D eigenvalue weighted by Gasteiger charge is -2.10. The lowest BCUT2D eigenvalue weighted by molar-refractivity contribution is -0.121. The molecule has 0 unspecified atom stereocenters. The Morgan fingerprint density at radius 3 is 2.64 bits per heavy atom. The first-order chi connectivity index (χ1) is 11.8. The van der Waals surface area contributed by atoms with Crippen molar-refractivity contribution in [2.24, 2.45) is 0 Å². The van der Waals surface area contributed by atoms with Crippen LogP contribution in [0.4, 0.5) is 0 Å². The van der Waals surface area contributed by atoms with E-state index in [4.69, 9.17) is 4.52 Å². The third-order valence-corrected chi connectivity index (χ3v) is 3.91. The minimum atomic E-state index is -0.120. The average molecular weight is 347 g/mol. The maximum Gasteiger partial charge on any atom is 0.226 e. The van der Waals surface area contributed by atoms with Gasteiger partial charge in [0.15, 0.2) is 5.82 Å². The van der Waals surface area contributed by atoms with Gasteiger partial charge in [0.05, 0.1) is 5.69 Å². The summed E-state index contributed by atoms with van der Waals surface area (Å²) in [5, 5.41) is 11.3. The van der Waals surface area contributed by atoms with Crippen molar-refractivity contribution in [3.8, 4) is 0 Å². The highest BCUT2D eigenvalue weighted by Crippen LogP contribution is 2.18. The molecule has 0 atom stereocenters. The van der Waals surface area contributed by atoms with Crippen LogP contribution in [0, 0.1) is 13.8 Å². The van der Waals surface area contributed by atoms with Crippen LogP contribution in [0.3, 0.4) is 0 Å². The predicted molar refractivity (Wildman–Crippen MR) is 95.3 cm³/mol. The Morgan fingerprint density at radius 2 is 2.04 bits per heavy atom. The third-order valence-electron chi connectivity index (χ3n) is 3.91. The maximum atomic E-state index is 11.9. The zero-order valence-electron chi connectivity index (χ0n) is 15.9. The van der Waals surface area contributed by atoms with E-state index in [2.05, 4.69) is 26.6 Å². The van der Waals surface area contributed by atoms with Crippen LogP contribution >= 0.6 is 0 Å². The van der Waals surface area contributed by atoms with Crippen molar-refractivity contribution < 1.29 is 9.32 Å². The first kappa shape index (κ1) is 19.1. The van der Waals surface area contributed by atoms with Crippen LogP contribution < -0.4 is 5.32 Å². The van der Waals surface area contributed by atoms with E-state index in [9.17, 15) is 4.79 Å². The molecule has 1 amide bonds. The van der Waals surface area contributed by atoms with E-state index in [1.807, 2.05) is 39.3 Å². The van der Waals surface area contributed by atoms with E-state index in [0.29, 0.717) is 37.5 Å². The first-order valence-corrected chi connectivity index (χ1v) is 8.86. The van der Waals surface area contributed by atoms with Gasteiger partial charge in [-0.2, -0.15) is 10.1 Å². The zero-order chi connectivity index (χ0) is 18.4. The molecule has 25 heavy (non-hydrogen) atoms. The van der Waals surface area contributed by atoms with Crippen molar-refractivity contribution in [3.05, 3.63) is 29.2 Å². The number of carbonyl (C=O) groups is 1. The normalized spacial score (nSPS) is 11.7. The van der Waals surface area contributed by atoms with Crippen molar-refractivity contribution in [3.63, 3.8) is 0 Å². The summed E-state index contributed by atoms with van der Waals surface area (Å²) in [5.41, 5.74) is 2.06. The summed E-state index contributed by atoms with van der Waals surface area (Å²) < 4.78 is 7.21. The molecule has 0 saturated carbocycles. The lowest BCUT2D eigenvalue weighted by Crippen LogP contribution is -2.25. The molecule has 0 aromatic carbocycles. The quantitative estimate of drug-likeness (QED) is 0.742. The number of hydrogen-bond donors (Lipinski definition) is 1. The van der Waals surface area contributed by atoms with Gasteiger partial charge in [-0.15, -0.1) is 0 Å². The zero-order valence-corrected chi connectivity index (χ0v) is 15.9. The van der Waals surface area contributed by atoms with Gasteiger partial charge in [-0.3, -0.25) is 9.48 Å². The third kappa shape index (κ3) is 5.99. The van der Waals surface area contributed by atoms with Gasteiger partial charge < -0.3 is 9.84 Å². The molecule has 7 heteroatoms. The summed E-state index contributed by atoms with van der Waals surface area (Å²) in [7, 11) is 0. The van der Waals surface area contributed by atoms with Crippen molar-refractivity contribution in [1.82, 2.24) is 25.2 Å². The number of hydrogen-bond acceptors (Lipinski definition) is 5. The Labute approximate surface area is 149 Å². The van der Waals surface area contributed by atoms with Gasteiger partial charge in [0.1, 0.15) is 0 Å². The van der Waals surface area contributed by atoms with Crippen molar-refractivity contribution in [1.29, 1.82) is 0 Å². The molecule has 0 fully saturated rings. The Hall–Kier alpha value is -2.18. The molecule has 1 N–H and O–H groups in total. The Kier molecular flexibility index (Phi) is 6.33. The van der Waals surface area contributed by atoms with E-state index in [0.717, 1.165) is 24.4 Å². The first-order valence-electron chi connectivity index (χ1n) is 8.86. The van der Waals surface area contributed by atoms with Gasteiger partial charge >= 0.3 is 0 Å². The minimum absolute atomic E-state index is 0.0592. The second-order valence-corrected chi connectivity index (χ2v) is 7.47. The van der Waals surface area contributed by atoms with E-state index in [1.54, 1.807) is 0 Å². The molecule has 0 aliphatic carbocycles. The van der Waals surface area contributed by atoms with Gasteiger partial charge in [0.2, 0.25) is 11.8 Å². The highest BCUT2D eigenvalue weighted by Gasteiger charge is 2.20. The van der Waals surface area contributed by atoms with Crippen LogP contribution in [0.5, 0.6) is 0 Å². The van der Waals surface area contributed by atoms with Crippen molar-refractivity contribution in [2.75, 3.05) is 6.54 Å². The number of nitrogens with zero attached hydrogens (tertiary/aromatic N) is 4. The van der Waals surface area contributed by atoms with Gasteiger partial charge in [-0.25, -0.2) is 0 Å². The van der Waals surface area contributed by atoms with E-state index in [-0.39, 0.29) is 11.3 Å².